The molecule has 6 heteroatoms. The molecule has 1 saturated carbocycles. The Kier molecular flexibility index (Phi) is 6.98. The van der Waals surface area contributed by atoms with Crippen LogP contribution in [0.5, 0.6) is 11.5 Å². The predicted octanol–water partition coefficient (Wildman–Crippen LogP) is 4.72. The lowest BCUT2D eigenvalue weighted by atomic mass is 10.1. The molecule has 0 unspecified atom stereocenters. The van der Waals surface area contributed by atoms with E-state index >= 15 is 0 Å². The lowest BCUT2D eigenvalue weighted by Crippen LogP contribution is -2.03. The summed E-state index contributed by atoms with van der Waals surface area (Å²) < 4.78 is 11.4. The van der Waals surface area contributed by atoms with Crippen LogP contribution in [-0.2, 0) is 17.8 Å². The number of thioether (sulfide) groups is 1. The summed E-state index contributed by atoms with van der Waals surface area (Å²) in [5.74, 6) is 0.460. The number of carboxylic acids is 1. The van der Waals surface area contributed by atoms with Crippen LogP contribution < -0.4 is 9.47 Å². The number of methoxy groups -OCH3 is 1. The van der Waals surface area contributed by atoms with Gasteiger partial charge >= 0.3 is 5.97 Å². The third-order valence-electron chi connectivity index (χ3n) is 4.67. The van der Waals surface area contributed by atoms with E-state index in [0.29, 0.717) is 29.8 Å². The number of aliphatic carboxylic acids is 1. The zero-order chi connectivity index (χ0) is 19.1. The summed E-state index contributed by atoms with van der Waals surface area (Å²) in [6, 6.07) is 9.56. The Morgan fingerprint density at radius 2 is 2.07 bits per heavy atom. The number of hydrogen-bond acceptors (Lipinski definition) is 5. The minimum atomic E-state index is -0.807. The SMILES string of the molecule is COc1cc(CCC(=O)O)ccc1OCc1cccnc1SC1CCCC1. The van der Waals surface area contributed by atoms with Crippen molar-refractivity contribution < 1.29 is 19.4 Å². The summed E-state index contributed by atoms with van der Waals surface area (Å²) in [7, 11) is 1.59. The molecular weight excluding hydrogens is 362 g/mol. The fraction of sp³-hybridized carbons (Fsp3) is 0.429. The van der Waals surface area contributed by atoms with Crippen LogP contribution in [0.2, 0.25) is 0 Å². The summed E-state index contributed by atoms with van der Waals surface area (Å²) >= 11 is 1.86. The van der Waals surface area contributed by atoms with Crippen molar-refractivity contribution in [3.63, 3.8) is 0 Å². The highest BCUT2D eigenvalue weighted by atomic mass is 32.2. The van der Waals surface area contributed by atoms with Gasteiger partial charge < -0.3 is 14.6 Å². The second kappa shape index (κ2) is 9.65. The monoisotopic (exact) mass is 387 g/mol. The van der Waals surface area contributed by atoms with Crippen LogP contribution in [0, 0.1) is 0 Å². The van der Waals surface area contributed by atoms with Gasteiger partial charge in [-0.2, -0.15) is 0 Å². The molecule has 1 fully saturated rings. The summed E-state index contributed by atoms with van der Waals surface area (Å²) in [4.78, 5) is 15.3. The number of aromatic nitrogens is 1. The number of ether oxygens (including phenoxy) is 2. The quantitative estimate of drug-likeness (QED) is 0.671. The molecule has 0 radical (unpaired) electrons. The Balaban J connectivity index is 1.66. The molecule has 0 saturated heterocycles. The summed E-state index contributed by atoms with van der Waals surface area (Å²) in [6.07, 6.45) is 7.53. The van der Waals surface area contributed by atoms with E-state index in [9.17, 15) is 4.79 Å². The van der Waals surface area contributed by atoms with E-state index in [0.717, 1.165) is 16.2 Å². The van der Waals surface area contributed by atoms with E-state index in [1.54, 1.807) is 7.11 Å². The molecule has 2 aromatic rings. The van der Waals surface area contributed by atoms with E-state index in [4.69, 9.17) is 14.6 Å². The van der Waals surface area contributed by atoms with Crippen molar-refractivity contribution in [2.45, 2.75) is 55.4 Å². The van der Waals surface area contributed by atoms with Gasteiger partial charge in [0.05, 0.1) is 7.11 Å². The van der Waals surface area contributed by atoms with Crippen LogP contribution in [0.1, 0.15) is 43.2 Å². The summed E-state index contributed by atoms with van der Waals surface area (Å²) in [6.45, 7) is 0.424. The van der Waals surface area contributed by atoms with Crippen molar-refractivity contribution in [1.29, 1.82) is 0 Å². The maximum Gasteiger partial charge on any atom is 0.303 e. The first kappa shape index (κ1) is 19.5. The summed E-state index contributed by atoms with van der Waals surface area (Å²) in [5, 5.41) is 10.5. The van der Waals surface area contributed by atoms with Crippen LogP contribution in [-0.4, -0.2) is 28.4 Å². The molecule has 27 heavy (non-hydrogen) atoms. The van der Waals surface area contributed by atoms with Gasteiger partial charge in [0.25, 0.3) is 0 Å². The molecule has 1 aromatic heterocycles. The number of carbonyl (C=O) groups is 1. The lowest BCUT2D eigenvalue weighted by molar-refractivity contribution is -0.136. The molecule has 5 nitrogen and oxygen atoms in total. The topological polar surface area (TPSA) is 68.7 Å². The molecule has 0 amide bonds. The van der Waals surface area contributed by atoms with Gasteiger partial charge in [-0.25, -0.2) is 4.98 Å². The Morgan fingerprint density at radius 1 is 1.26 bits per heavy atom. The fourth-order valence-corrected chi connectivity index (χ4v) is 4.48. The normalized spacial score (nSPS) is 14.3. The second-order valence-corrected chi connectivity index (χ2v) is 7.95. The number of hydrogen-bond donors (Lipinski definition) is 1. The molecule has 1 N–H and O–H groups in total. The molecule has 1 aliphatic rings. The van der Waals surface area contributed by atoms with Gasteiger partial charge in [0.15, 0.2) is 11.5 Å². The smallest absolute Gasteiger partial charge is 0.303 e. The molecule has 1 aromatic carbocycles. The zero-order valence-electron chi connectivity index (χ0n) is 15.5. The van der Waals surface area contributed by atoms with E-state index < -0.39 is 5.97 Å². The highest BCUT2D eigenvalue weighted by Crippen LogP contribution is 2.36. The van der Waals surface area contributed by atoms with Gasteiger partial charge in [0.2, 0.25) is 0 Å². The molecule has 3 rings (SSSR count). The first-order chi connectivity index (χ1) is 13.2. The average molecular weight is 388 g/mol. The molecule has 0 bridgehead atoms. The van der Waals surface area contributed by atoms with Gasteiger partial charge in [-0.15, -0.1) is 11.8 Å². The molecule has 144 valence electrons. The number of rotatable bonds is 9. The number of pyridine rings is 1. The van der Waals surface area contributed by atoms with Crippen LogP contribution in [0.3, 0.4) is 0 Å². The van der Waals surface area contributed by atoms with Crippen molar-refractivity contribution in [3.05, 3.63) is 47.7 Å². The van der Waals surface area contributed by atoms with Crippen molar-refractivity contribution in [2.75, 3.05) is 7.11 Å². The minimum Gasteiger partial charge on any atom is -0.493 e. The van der Waals surface area contributed by atoms with E-state index in [1.165, 1.54) is 25.7 Å². The first-order valence-electron chi connectivity index (χ1n) is 9.28. The fourth-order valence-electron chi connectivity index (χ4n) is 3.20. The van der Waals surface area contributed by atoms with Crippen molar-refractivity contribution in [3.8, 4) is 11.5 Å². The van der Waals surface area contributed by atoms with Crippen LogP contribution in [0.15, 0.2) is 41.6 Å². The van der Waals surface area contributed by atoms with Gasteiger partial charge in [-0.1, -0.05) is 25.0 Å². The second-order valence-electron chi connectivity index (χ2n) is 6.66. The predicted molar refractivity (Wildman–Crippen MR) is 106 cm³/mol. The Morgan fingerprint density at radius 3 is 2.81 bits per heavy atom. The van der Waals surface area contributed by atoms with Crippen molar-refractivity contribution in [2.24, 2.45) is 0 Å². The Labute approximate surface area is 164 Å². The van der Waals surface area contributed by atoms with Crippen LogP contribution >= 0.6 is 11.8 Å². The maximum atomic E-state index is 10.7. The third-order valence-corrected chi connectivity index (χ3v) is 6.06. The lowest BCUT2D eigenvalue weighted by Gasteiger charge is -2.15. The molecule has 1 heterocycles. The van der Waals surface area contributed by atoms with Crippen LogP contribution in [0.4, 0.5) is 0 Å². The summed E-state index contributed by atoms with van der Waals surface area (Å²) in [5.41, 5.74) is 1.99. The molecule has 0 atom stereocenters. The number of carboxylic acid groups (broad SMARTS) is 1. The Bertz CT molecular complexity index is 775. The third kappa shape index (κ3) is 5.63. The number of nitrogens with zero attached hydrogens (tertiary/aromatic N) is 1. The molecule has 0 aliphatic heterocycles. The highest BCUT2D eigenvalue weighted by Gasteiger charge is 2.18. The van der Waals surface area contributed by atoms with E-state index in [2.05, 4.69) is 11.1 Å². The molecule has 1 aliphatic carbocycles. The van der Waals surface area contributed by atoms with Gasteiger partial charge in [0, 0.05) is 23.4 Å². The van der Waals surface area contributed by atoms with Gasteiger partial charge in [-0.3, -0.25) is 4.79 Å². The number of benzene rings is 1. The molecule has 0 spiro atoms. The zero-order valence-corrected chi connectivity index (χ0v) is 16.3. The first-order valence-corrected chi connectivity index (χ1v) is 10.2. The van der Waals surface area contributed by atoms with Crippen molar-refractivity contribution in [1.82, 2.24) is 4.98 Å². The maximum absolute atomic E-state index is 10.7. The minimum absolute atomic E-state index is 0.0980. The van der Waals surface area contributed by atoms with Crippen LogP contribution in [0.25, 0.3) is 0 Å². The molecular formula is C21H25NO4S. The average Bonchev–Trinajstić information content (AvgIpc) is 3.19. The van der Waals surface area contributed by atoms with Gasteiger partial charge in [-0.05, 0) is 43.0 Å². The Hall–Kier alpha value is -2.21. The number of aryl methyl sites for hydroxylation is 1. The van der Waals surface area contributed by atoms with E-state index in [1.807, 2.05) is 42.2 Å². The highest BCUT2D eigenvalue weighted by molar-refractivity contribution is 7.99. The van der Waals surface area contributed by atoms with Crippen molar-refractivity contribution >= 4 is 17.7 Å². The standard InChI is InChI=1S/C21H25NO4S/c1-25-19-13-15(9-11-20(23)24)8-10-18(19)26-14-16-5-4-12-22-21(16)27-17-6-2-3-7-17/h4-5,8,10,12-13,17H,2-3,6-7,9,11,14H2,1H3,(H,23,24). The van der Waals surface area contributed by atoms with E-state index in [-0.39, 0.29) is 6.42 Å². The van der Waals surface area contributed by atoms with Gasteiger partial charge in [0.1, 0.15) is 11.6 Å². The largest absolute Gasteiger partial charge is 0.493 e.